The molecular weight excluding hydrogens is 226 g/mol. The largest absolute Gasteiger partial charge is 0.495 e. The van der Waals surface area contributed by atoms with Crippen LogP contribution in [0.2, 0.25) is 0 Å². The number of methoxy groups -OCH3 is 1. The molecule has 0 N–H and O–H groups in total. The van der Waals surface area contributed by atoms with Crippen LogP contribution in [0.4, 0.5) is 11.4 Å². The zero-order chi connectivity index (χ0) is 13.0. The van der Waals surface area contributed by atoms with E-state index in [1.807, 2.05) is 48.3 Å². The van der Waals surface area contributed by atoms with E-state index in [9.17, 15) is 0 Å². The molecule has 0 saturated carbocycles. The Hall–Kier alpha value is -2.54. The molecule has 0 aliphatic carbocycles. The summed E-state index contributed by atoms with van der Waals surface area (Å²) >= 11 is 0. The lowest BCUT2D eigenvalue weighted by Crippen LogP contribution is -2.11. The Morgan fingerprint density at radius 2 is 2.00 bits per heavy atom. The minimum atomic E-state index is 0.409. The van der Waals surface area contributed by atoms with Crippen LogP contribution in [0, 0.1) is 11.3 Å². The average Bonchev–Trinajstić information content (AvgIpc) is 2.46. The standard InChI is InChI=1S/C14H13N3O/c1-17(12-8-7-11(9-15)16-10-12)13-5-3-4-6-14(13)18-2/h3-8,10H,1-2H3. The monoisotopic (exact) mass is 239 g/mol. The van der Waals surface area contributed by atoms with E-state index in [0.29, 0.717) is 5.69 Å². The number of benzene rings is 1. The Morgan fingerprint density at radius 3 is 2.61 bits per heavy atom. The van der Waals surface area contributed by atoms with Crippen molar-refractivity contribution < 1.29 is 4.74 Å². The average molecular weight is 239 g/mol. The van der Waals surface area contributed by atoms with Crippen molar-refractivity contribution in [1.82, 2.24) is 4.98 Å². The molecule has 0 saturated heterocycles. The molecule has 2 rings (SSSR count). The summed E-state index contributed by atoms with van der Waals surface area (Å²) in [6.45, 7) is 0. The fourth-order valence-corrected chi connectivity index (χ4v) is 1.70. The molecule has 18 heavy (non-hydrogen) atoms. The van der Waals surface area contributed by atoms with Crippen molar-refractivity contribution in [1.29, 1.82) is 5.26 Å². The van der Waals surface area contributed by atoms with Crippen molar-refractivity contribution in [2.45, 2.75) is 0 Å². The van der Waals surface area contributed by atoms with Gasteiger partial charge in [0.2, 0.25) is 0 Å². The first-order chi connectivity index (χ1) is 8.76. The smallest absolute Gasteiger partial charge is 0.142 e. The molecule has 0 spiro atoms. The van der Waals surface area contributed by atoms with Crippen LogP contribution in [-0.2, 0) is 0 Å². The van der Waals surface area contributed by atoms with Crippen LogP contribution in [-0.4, -0.2) is 19.1 Å². The maximum atomic E-state index is 8.72. The fourth-order valence-electron chi connectivity index (χ4n) is 1.70. The van der Waals surface area contributed by atoms with Crippen molar-refractivity contribution in [3.05, 3.63) is 48.3 Å². The first-order valence-corrected chi connectivity index (χ1v) is 5.49. The van der Waals surface area contributed by atoms with E-state index in [-0.39, 0.29) is 0 Å². The highest BCUT2D eigenvalue weighted by molar-refractivity contribution is 5.68. The predicted molar refractivity (Wildman–Crippen MR) is 70.0 cm³/mol. The Kier molecular flexibility index (Phi) is 3.44. The van der Waals surface area contributed by atoms with E-state index < -0.39 is 0 Å². The molecule has 2 aromatic rings. The van der Waals surface area contributed by atoms with Crippen LogP contribution in [0.15, 0.2) is 42.6 Å². The van der Waals surface area contributed by atoms with E-state index in [2.05, 4.69) is 4.98 Å². The second-order valence-corrected chi connectivity index (χ2v) is 3.74. The molecule has 4 nitrogen and oxygen atoms in total. The van der Waals surface area contributed by atoms with Crippen LogP contribution in [0.3, 0.4) is 0 Å². The fraction of sp³-hybridized carbons (Fsp3) is 0.143. The number of nitrogens with zero attached hydrogens (tertiary/aromatic N) is 3. The highest BCUT2D eigenvalue weighted by Gasteiger charge is 2.09. The minimum absolute atomic E-state index is 0.409. The van der Waals surface area contributed by atoms with Crippen LogP contribution in [0.5, 0.6) is 5.75 Å². The van der Waals surface area contributed by atoms with E-state index >= 15 is 0 Å². The summed E-state index contributed by atoms with van der Waals surface area (Å²) in [7, 11) is 3.57. The van der Waals surface area contributed by atoms with Gasteiger partial charge in [-0.15, -0.1) is 0 Å². The van der Waals surface area contributed by atoms with Gasteiger partial charge < -0.3 is 9.64 Å². The quantitative estimate of drug-likeness (QED) is 0.826. The van der Waals surface area contributed by atoms with Crippen LogP contribution >= 0.6 is 0 Å². The SMILES string of the molecule is COc1ccccc1N(C)c1ccc(C#N)nc1. The number of nitriles is 1. The molecule has 90 valence electrons. The van der Waals surface area contributed by atoms with E-state index in [4.69, 9.17) is 10.00 Å². The van der Waals surface area contributed by atoms with Gasteiger partial charge in [-0.2, -0.15) is 5.26 Å². The lowest BCUT2D eigenvalue weighted by molar-refractivity contribution is 0.415. The third kappa shape index (κ3) is 2.25. The number of rotatable bonds is 3. The zero-order valence-electron chi connectivity index (χ0n) is 10.3. The second-order valence-electron chi connectivity index (χ2n) is 3.74. The van der Waals surface area contributed by atoms with Gasteiger partial charge in [0.15, 0.2) is 0 Å². The molecule has 0 radical (unpaired) electrons. The first-order valence-electron chi connectivity index (χ1n) is 5.49. The van der Waals surface area contributed by atoms with Crippen LogP contribution in [0.1, 0.15) is 5.69 Å². The normalized spacial score (nSPS) is 9.61. The molecule has 0 bridgehead atoms. The third-order valence-electron chi connectivity index (χ3n) is 2.70. The molecule has 0 aliphatic heterocycles. The molecule has 0 fully saturated rings. The van der Waals surface area contributed by atoms with E-state index in [0.717, 1.165) is 17.1 Å². The molecule has 4 heteroatoms. The van der Waals surface area contributed by atoms with Gasteiger partial charge in [0.1, 0.15) is 17.5 Å². The number of aromatic nitrogens is 1. The Morgan fingerprint density at radius 1 is 1.22 bits per heavy atom. The second kappa shape index (κ2) is 5.19. The summed E-state index contributed by atoms with van der Waals surface area (Å²) in [5.41, 5.74) is 2.26. The van der Waals surface area contributed by atoms with Gasteiger partial charge in [-0.1, -0.05) is 12.1 Å². The highest BCUT2D eigenvalue weighted by Crippen LogP contribution is 2.31. The van der Waals surface area contributed by atoms with E-state index in [1.54, 1.807) is 19.4 Å². The zero-order valence-corrected chi connectivity index (χ0v) is 10.3. The maximum absolute atomic E-state index is 8.72. The molecule has 0 unspecified atom stereocenters. The van der Waals surface area contributed by atoms with Gasteiger partial charge in [-0.3, -0.25) is 0 Å². The van der Waals surface area contributed by atoms with Gasteiger partial charge in [-0.25, -0.2) is 4.98 Å². The minimum Gasteiger partial charge on any atom is -0.495 e. The lowest BCUT2D eigenvalue weighted by Gasteiger charge is -2.21. The highest BCUT2D eigenvalue weighted by atomic mass is 16.5. The number of anilines is 2. The lowest BCUT2D eigenvalue weighted by atomic mass is 10.2. The number of hydrogen-bond acceptors (Lipinski definition) is 4. The number of ether oxygens (including phenoxy) is 1. The topological polar surface area (TPSA) is 49.1 Å². The summed E-state index contributed by atoms with van der Waals surface area (Å²) in [6.07, 6.45) is 1.67. The molecule has 0 amide bonds. The van der Waals surface area contributed by atoms with Gasteiger partial charge >= 0.3 is 0 Å². The van der Waals surface area contributed by atoms with Gasteiger partial charge in [0, 0.05) is 7.05 Å². The maximum Gasteiger partial charge on any atom is 0.142 e. The molecule has 0 aliphatic rings. The Labute approximate surface area is 106 Å². The number of hydrogen-bond donors (Lipinski definition) is 0. The number of pyridine rings is 1. The summed E-state index contributed by atoms with van der Waals surface area (Å²) in [5.74, 6) is 0.796. The van der Waals surface area contributed by atoms with Gasteiger partial charge in [0.05, 0.1) is 24.7 Å². The Bertz CT molecular complexity index is 572. The van der Waals surface area contributed by atoms with Gasteiger partial charge in [0.25, 0.3) is 0 Å². The molecule has 1 heterocycles. The van der Waals surface area contributed by atoms with Crippen molar-refractivity contribution in [3.63, 3.8) is 0 Å². The first kappa shape index (κ1) is 11.9. The van der Waals surface area contributed by atoms with E-state index in [1.165, 1.54) is 0 Å². The number of para-hydroxylation sites is 2. The molecular formula is C14H13N3O. The summed E-state index contributed by atoms with van der Waals surface area (Å²) in [6, 6.07) is 13.3. The Balaban J connectivity index is 2.35. The van der Waals surface area contributed by atoms with Crippen LogP contribution < -0.4 is 9.64 Å². The van der Waals surface area contributed by atoms with Crippen molar-refractivity contribution >= 4 is 11.4 Å². The molecule has 0 atom stereocenters. The summed E-state index contributed by atoms with van der Waals surface area (Å²) in [4.78, 5) is 6.02. The summed E-state index contributed by atoms with van der Waals surface area (Å²) in [5, 5.41) is 8.72. The van der Waals surface area contributed by atoms with Crippen molar-refractivity contribution in [2.75, 3.05) is 19.1 Å². The van der Waals surface area contributed by atoms with Crippen molar-refractivity contribution in [3.8, 4) is 11.8 Å². The molecule has 1 aromatic carbocycles. The predicted octanol–water partition coefficient (Wildman–Crippen LogP) is 2.73. The van der Waals surface area contributed by atoms with Crippen molar-refractivity contribution in [2.24, 2.45) is 0 Å². The van der Waals surface area contributed by atoms with Crippen LogP contribution in [0.25, 0.3) is 0 Å². The molecule has 1 aromatic heterocycles. The third-order valence-corrected chi connectivity index (χ3v) is 2.70. The summed E-state index contributed by atoms with van der Waals surface area (Å²) < 4.78 is 5.32. The van der Waals surface area contributed by atoms with Gasteiger partial charge in [-0.05, 0) is 24.3 Å².